The van der Waals surface area contributed by atoms with Gasteiger partial charge in [0.05, 0.1) is 0 Å². The monoisotopic (exact) mass is 334 g/mol. The van der Waals surface area contributed by atoms with Crippen molar-refractivity contribution in [3.05, 3.63) is 22.4 Å². The Morgan fingerprint density at radius 2 is 2.04 bits per heavy atom. The molecule has 1 spiro atoms. The van der Waals surface area contributed by atoms with Crippen molar-refractivity contribution in [3.8, 4) is 0 Å². The zero-order valence-corrected chi connectivity index (χ0v) is 15.0. The first-order valence-corrected chi connectivity index (χ1v) is 9.35. The second-order valence-corrected chi connectivity index (χ2v) is 8.76. The molecule has 1 saturated carbocycles. The zero-order valence-electron chi connectivity index (χ0n) is 14.2. The number of thiophene rings is 1. The van der Waals surface area contributed by atoms with Gasteiger partial charge in [-0.05, 0) is 60.2 Å². The maximum Gasteiger partial charge on any atom is 0.291 e. The highest BCUT2D eigenvalue weighted by Crippen LogP contribution is 2.56. The molecule has 1 aliphatic heterocycles. The van der Waals surface area contributed by atoms with Crippen molar-refractivity contribution in [2.45, 2.75) is 52.6 Å². The van der Waals surface area contributed by atoms with Crippen molar-refractivity contribution >= 4 is 23.0 Å². The first-order valence-electron chi connectivity index (χ1n) is 8.41. The zero-order chi connectivity index (χ0) is 16.7. The fourth-order valence-corrected chi connectivity index (χ4v) is 4.24. The number of Topliss-reactive ketones (excluding diaryl/α,β-unsaturated/α-hetero) is 1. The minimum Gasteiger partial charge on any atom is -0.328 e. The first-order chi connectivity index (χ1) is 10.8. The van der Waals surface area contributed by atoms with E-state index in [9.17, 15) is 9.59 Å². The molecule has 126 valence electrons. The third-order valence-corrected chi connectivity index (χ3v) is 5.92. The SMILES string of the molecule is CC(C)(C)C(=O)C(=O)N(Cc1ccsc1)C1CC12CCNCC2. The van der Waals surface area contributed by atoms with Gasteiger partial charge in [-0.2, -0.15) is 11.3 Å². The fourth-order valence-electron chi connectivity index (χ4n) is 3.58. The summed E-state index contributed by atoms with van der Waals surface area (Å²) < 4.78 is 0. The quantitative estimate of drug-likeness (QED) is 0.862. The third kappa shape index (κ3) is 3.36. The molecule has 2 heterocycles. The summed E-state index contributed by atoms with van der Waals surface area (Å²) >= 11 is 1.63. The van der Waals surface area contributed by atoms with Gasteiger partial charge in [0.15, 0.2) is 0 Å². The molecule has 1 aliphatic carbocycles. The molecule has 0 radical (unpaired) electrons. The summed E-state index contributed by atoms with van der Waals surface area (Å²) in [6.07, 6.45) is 3.26. The van der Waals surface area contributed by atoms with Crippen LogP contribution in [0.25, 0.3) is 0 Å². The van der Waals surface area contributed by atoms with Gasteiger partial charge in [0.1, 0.15) is 0 Å². The number of rotatable bonds is 4. The van der Waals surface area contributed by atoms with Crippen LogP contribution in [0, 0.1) is 10.8 Å². The highest BCUT2D eigenvalue weighted by atomic mass is 32.1. The topological polar surface area (TPSA) is 49.4 Å². The lowest BCUT2D eigenvalue weighted by molar-refractivity contribution is -0.150. The van der Waals surface area contributed by atoms with Crippen LogP contribution in [0.3, 0.4) is 0 Å². The van der Waals surface area contributed by atoms with Crippen molar-refractivity contribution in [1.29, 1.82) is 0 Å². The number of hydrogen-bond donors (Lipinski definition) is 1. The van der Waals surface area contributed by atoms with Crippen LogP contribution in [0.15, 0.2) is 16.8 Å². The number of carbonyl (C=O) groups excluding carboxylic acids is 2. The molecule has 1 aromatic heterocycles. The molecular weight excluding hydrogens is 308 g/mol. The second kappa shape index (κ2) is 6.02. The number of carbonyl (C=O) groups is 2. The summed E-state index contributed by atoms with van der Waals surface area (Å²) in [4.78, 5) is 27.3. The number of ketones is 1. The number of hydrogen-bond acceptors (Lipinski definition) is 4. The lowest BCUT2D eigenvalue weighted by atomic mass is 9.89. The van der Waals surface area contributed by atoms with Crippen molar-refractivity contribution in [2.24, 2.45) is 10.8 Å². The fraction of sp³-hybridized carbons (Fsp3) is 0.667. The van der Waals surface area contributed by atoms with Gasteiger partial charge in [-0.1, -0.05) is 20.8 Å². The Labute approximate surface area is 142 Å². The van der Waals surface area contributed by atoms with E-state index in [0.717, 1.165) is 37.9 Å². The molecule has 3 rings (SSSR count). The van der Waals surface area contributed by atoms with E-state index in [1.807, 2.05) is 37.1 Å². The minimum absolute atomic E-state index is 0.225. The lowest BCUT2D eigenvalue weighted by Crippen LogP contribution is -2.45. The maximum atomic E-state index is 12.9. The molecule has 5 heteroatoms. The van der Waals surface area contributed by atoms with E-state index in [1.54, 1.807) is 11.3 Å². The molecule has 1 aromatic rings. The Hall–Kier alpha value is -1.20. The average Bonchev–Trinajstić information content (AvgIpc) is 2.96. The van der Waals surface area contributed by atoms with Gasteiger partial charge >= 0.3 is 0 Å². The van der Waals surface area contributed by atoms with Gasteiger partial charge in [-0.25, -0.2) is 0 Å². The van der Waals surface area contributed by atoms with Crippen LogP contribution in [-0.4, -0.2) is 35.7 Å². The van der Waals surface area contributed by atoms with Crippen LogP contribution in [0.4, 0.5) is 0 Å². The predicted molar refractivity (Wildman–Crippen MR) is 92.3 cm³/mol. The van der Waals surface area contributed by atoms with Gasteiger partial charge in [-0.3, -0.25) is 9.59 Å². The van der Waals surface area contributed by atoms with Crippen LogP contribution >= 0.6 is 11.3 Å². The van der Waals surface area contributed by atoms with E-state index in [1.165, 1.54) is 0 Å². The molecule has 2 fully saturated rings. The highest BCUT2D eigenvalue weighted by molar-refractivity contribution is 7.07. The summed E-state index contributed by atoms with van der Waals surface area (Å²) in [6, 6.07) is 2.27. The molecular formula is C18H26N2O2S. The van der Waals surface area contributed by atoms with Crippen LogP contribution in [0.5, 0.6) is 0 Å². The van der Waals surface area contributed by atoms with Gasteiger partial charge in [0.2, 0.25) is 5.78 Å². The van der Waals surface area contributed by atoms with E-state index >= 15 is 0 Å². The molecule has 1 amide bonds. The second-order valence-electron chi connectivity index (χ2n) is 7.98. The maximum absolute atomic E-state index is 12.9. The summed E-state index contributed by atoms with van der Waals surface area (Å²) in [7, 11) is 0. The molecule has 1 atom stereocenters. The van der Waals surface area contributed by atoms with Crippen LogP contribution in [0.1, 0.15) is 45.6 Å². The standard InChI is InChI=1S/C18H26N2O2S/c1-17(2,3)15(21)16(22)20(11-13-4-9-23-12-13)14-10-18(14)5-7-19-8-6-18/h4,9,12,14,19H,5-8,10-11H2,1-3H3. The van der Waals surface area contributed by atoms with Crippen molar-refractivity contribution in [1.82, 2.24) is 10.2 Å². The first kappa shape index (κ1) is 16.7. The van der Waals surface area contributed by atoms with Crippen molar-refractivity contribution < 1.29 is 9.59 Å². The number of nitrogens with zero attached hydrogens (tertiary/aromatic N) is 1. The summed E-state index contributed by atoms with van der Waals surface area (Å²) in [6.45, 7) is 8.06. The third-order valence-electron chi connectivity index (χ3n) is 5.19. The van der Waals surface area contributed by atoms with Gasteiger partial charge in [-0.15, -0.1) is 0 Å². The Morgan fingerprint density at radius 3 is 2.61 bits per heavy atom. The molecule has 1 unspecified atom stereocenters. The molecule has 1 saturated heterocycles. The van der Waals surface area contributed by atoms with E-state index < -0.39 is 5.41 Å². The van der Waals surface area contributed by atoms with Crippen molar-refractivity contribution in [2.75, 3.05) is 13.1 Å². The van der Waals surface area contributed by atoms with Crippen molar-refractivity contribution in [3.63, 3.8) is 0 Å². The summed E-state index contributed by atoms with van der Waals surface area (Å²) in [5.41, 5.74) is 0.746. The molecule has 23 heavy (non-hydrogen) atoms. The number of amides is 1. The Morgan fingerprint density at radius 1 is 1.35 bits per heavy atom. The van der Waals surface area contributed by atoms with E-state index in [4.69, 9.17) is 0 Å². The molecule has 2 aliphatic rings. The van der Waals surface area contributed by atoms with Gasteiger partial charge in [0.25, 0.3) is 5.91 Å². The number of nitrogens with one attached hydrogen (secondary N) is 1. The van der Waals surface area contributed by atoms with Gasteiger partial charge < -0.3 is 10.2 Å². The largest absolute Gasteiger partial charge is 0.328 e. The molecule has 1 N–H and O–H groups in total. The minimum atomic E-state index is -0.625. The molecule has 4 nitrogen and oxygen atoms in total. The van der Waals surface area contributed by atoms with E-state index in [0.29, 0.717) is 6.54 Å². The predicted octanol–water partition coefficient (Wildman–Crippen LogP) is 2.83. The van der Waals surface area contributed by atoms with Crippen LogP contribution in [0.2, 0.25) is 0 Å². The lowest BCUT2D eigenvalue weighted by Gasteiger charge is -2.30. The van der Waals surface area contributed by atoms with Gasteiger partial charge in [0, 0.05) is 18.0 Å². The smallest absolute Gasteiger partial charge is 0.291 e. The Bertz CT molecular complexity index is 583. The summed E-state index contributed by atoms with van der Waals surface area (Å²) in [5, 5.41) is 7.49. The van der Waals surface area contributed by atoms with E-state index in [2.05, 4.69) is 10.7 Å². The molecule has 0 bridgehead atoms. The Balaban J connectivity index is 1.80. The van der Waals surface area contributed by atoms with E-state index in [-0.39, 0.29) is 23.1 Å². The highest BCUT2D eigenvalue weighted by Gasteiger charge is 2.58. The summed E-state index contributed by atoms with van der Waals surface area (Å²) in [5.74, 6) is -0.576. The van der Waals surface area contributed by atoms with Crippen LogP contribution < -0.4 is 5.32 Å². The Kier molecular flexibility index (Phi) is 4.36. The average molecular weight is 334 g/mol. The molecule has 0 aromatic carbocycles. The normalized spacial score (nSPS) is 22.8. The number of piperidine rings is 1. The van der Waals surface area contributed by atoms with Crippen LogP contribution in [-0.2, 0) is 16.1 Å².